The molecule has 1 aromatic heterocycles. The van der Waals surface area contributed by atoms with Crippen molar-refractivity contribution in [3.05, 3.63) is 5.01 Å². The molecule has 0 aliphatic heterocycles. The third-order valence-electron chi connectivity index (χ3n) is 2.86. The lowest BCUT2D eigenvalue weighted by Crippen LogP contribution is -2.36. The van der Waals surface area contributed by atoms with Gasteiger partial charge in [-0.3, -0.25) is 4.90 Å². The van der Waals surface area contributed by atoms with Gasteiger partial charge in [0.25, 0.3) is 0 Å². The second-order valence-corrected chi connectivity index (χ2v) is 5.06. The zero-order valence-electron chi connectivity index (χ0n) is 10.8. The molecule has 98 valence electrons. The summed E-state index contributed by atoms with van der Waals surface area (Å²) in [6, 6.07) is 0.565. The van der Waals surface area contributed by atoms with E-state index in [2.05, 4.69) is 28.9 Å². The van der Waals surface area contributed by atoms with E-state index in [1.165, 1.54) is 11.3 Å². The Bertz CT molecular complexity index is 314. The molecule has 0 aromatic carbocycles. The molecule has 5 nitrogen and oxygen atoms in total. The first kappa shape index (κ1) is 14.3. The quantitative estimate of drug-likeness (QED) is 0.769. The summed E-state index contributed by atoms with van der Waals surface area (Å²) in [6.45, 7) is 6.89. The molecule has 0 radical (unpaired) electrons. The number of hydrogen-bond acceptors (Lipinski definition) is 6. The van der Waals surface area contributed by atoms with Crippen LogP contribution < -0.4 is 5.73 Å². The van der Waals surface area contributed by atoms with Crippen LogP contribution in [0, 0.1) is 0 Å². The monoisotopic (exact) mass is 258 g/mol. The van der Waals surface area contributed by atoms with Crippen LogP contribution in [-0.2, 0) is 11.3 Å². The lowest BCUT2D eigenvalue weighted by molar-refractivity contribution is 0.110. The number of ether oxygens (including phenoxy) is 1. The second kappa shape index (κ2) is 7.58. The molecule has 6 heteroatoms. The Hall–Kier alpha value is -0.720. The smallest absolute Gasteiger partial charge is 0.203 e. The van der Waals surface area contributed by atoms with Gasteiger partial charge in [0, 0.05) is 19.7 Å². The van der Waals surface area contributed by atoms with E-state index in [0.717, 1.165) is 37.5 Å². The molecule has 0 bridgehead atoms. The highest BCUT2D eigenvalue weighted by Crippen LogP contribution is 2.17. The molecule has 0 aliphatic carbocycles. The third kappa shape index (κ3) is 4.57. The number of nitrogen functional groups attached to an aromatic ring is 1. The Kier molecular flexibility index (Phi) is 6.39. The van der Waals surface area contributed by atoms with Gasteiger partial charge >= 0.3 is 0 Å². The summed E-state index contributed by atoms with van der Waals surface area (Å²) in [6.07, 6.45) is 2.27. The fourth-order valence-electron chi connectivity index (χ4n) is 1.91. The molecule has 0 saturated carbocycles. The van der Waals surface area contributed by atoms with E-state index in [1.807, 2.05) is 0 Å². The SMILES string of the molecule is CCC(CC)N(CCOC)Cc1nnc(N)s1. The molecular formula is C11H22N4OS. The van der Waals surface area contributed by atoms with Crippen molar-refractivity contribution in [2.24, 2.45) is 0 Å². The van der Waals surface area contributed by atoms with E-state index in [9.17, 15) is 0 Å². The van der Waals surface area contributed by atoms with Crippen molar-refractivity contribution in [3.63, 3.8) is 0 Å². The highest BCUT2D eigenvalue weighted by atomic mass is 32.1. The van der Waals surface area contributed by atoms with Gasteiger partial charge in [-0.15, -0.1) is 10.2 Å². The standard InChI is InChI=1S/C11H22N4OS/c1-4-9(5-2)15(6-7-16-3)8-10-13-14-11(12)17-10/h9H,4-8H2,1-3H3,(H2,12,14). The summed E-state index contributed by atoms with van der Waals surface area (Å²) in [5.41, 5.74) is 5.60. The molecule has 1 heterocycles. The van der Waals surface area contributed by atoms with Crippen LogP contribution in [0.4, 0.5) is 5.13 Å². The van der Waals surface area contributed by atoms with Gasteiger partial charge in [-0.05, 0) is 12.8 Å². The van der Waals surface area contributed by atoms with Gasteiger partial charge in [0.05, 0.1) is 13.2 Å². The first-order valence-corrected chi connectivity index (χ1v) is 6.83. The van der Waals surface area contributed by atoms with Crippen molar-refractivity contribution < 1.29 is 4.74 Å². The molecule has 1 aromatic rings. The normalized spacial score (nSPS) is 11.6. The van der Waals surface area contributed by atoms with Crippen LogP contribution in [0.2, 0.25) is 0 Å². The molecule has 17 heavy (non-hydrogen) atoms. The van der Waals surface area contributed by atoms with Gasteiger partial charge in [0.2, 0.25) is 5.13 Å². The molecule has 0 unspecified atom stereocenters. The zero-order valence-corrected chi connectivity index (χ0v) is 11.7. The van der Waals surface area contributed by atoms with Crippen LogP contribution in [0.3, 0.4) is 0 Å². The van der Waals surface area contributed by atoms with Crippen molar-refractivity contribution in [2.45, 2.75) is 39.3 Å². The van der Waals surface area contributed by atoms with Crippen LogP contribution in [0.5, 0.6) is 0 Å². The number of aromatic nitrogens is 2. The van der Waals surface area contributed by atoms with E-state index in [1.54, 1.807) is 7.11 Å². The zero-order chi connectivity index (χ0) is 12.7. The van der Waals surface area contributed by atoms with Crippen molar-refractivity contribution in [1.29, 1.82) is 0 Å². The first-order valence-electron chi connectivity index (χ1n) is 6.02. The van der Waals surface area contributed by atoms with E-state index in [0.29, 0.717) is 11.2 Å². The summed E-state index contributed by atoms with van der Waals surface area (Å²) in [5, 5.41) is 9.44. The average Bonchev–Trinajstić information content (AvgIpc) is 2.73. The maximum Gasteiger partial charge on any atom is 0.203 e. The lowest BCUT2D eigenvalue weighted by atomic mass is 10.1. The van der Waals surface area contributed by atoms with Gasteiger partial charge in [-0.2, -0.15) is 0 Å². The number of rotatable bonds is 8. The highest BCUT2D eigenvalue weighted by Gasteiger charge is 2.16. The molecule has 0 atom stereocenters. The Balaban J connectivity index is 2.61. The van der Waals surface area contributed by atoms with E-state index >= 15 is 0 Å². The summed E-state index contributed by atoms with van der Waals surface area (Å²) in [5.74, 6) is 0. The van der Waals surface area contributed by atoms with Crippen LogP contribution in [0.25, 0.3) is 0 Å². The van der Waals surface area contributed by atoms with E-state index in [-0.39, 0.29) is 0 Å². The van der Waals surface area contributed by atoms with Crippen molar-refractivity contribution in [1.82, 2.24) is 15.1 Å². The molecule has 0 amide bonds. The minimum absolute atomic E-state index is 0.538. The molecule has 0 spiro atoms. The van der Waals surface area contributed by atoms with E-state index < -0.39 is 0 Å². The topological polar surface area (TPSA) is 64.3 Å². The van der Waals surface area contributed by atoms with Crippen molar-refractivity contribution in [3.8, 4) is 0 Å². The van der Waals surface area contributed by atoms with Gasteiger partial charge in [0.15, 0.2) is 0 Å². The predicted octanol–water partition coefficient (Wildman–Crippen LogP) is 1.76. The second-order valence-electron chi connectivity index (χ2n) is 3.97. The highest BCUT2D eigenvalue weighted by molar-refractivity contribution is 7.15. The lowest BCUT2D eigenvalue weighted by Gasteiger charge is -2.29. The van der Waals surface area contributed by atoms with Gasteiger partial charge < -0.3 is 10.5 Å². The third-order valence-corrected chi connectivity index (χ3v) is 3.60. The first-order chi connectivity index (χ1) is 8.21. The average molecular weight is 258 g/mol. The number of anilines is 1. The van der Waals surface area contributed by atoms with E-state index in [4.69, 9.17) is 10.5 Å². The molecule has 0 aliphatic rings. The Morgan fingerprint density at radius 3 is 2.53 bits per heavy atom. The molecule has 1 rings (SSSR count). The summed E-state index contributed by atoms with van der Waals surface area (Å²) in [7, 11) is 1.73. The largest absolute Gasteiger partial charge is 0.383 e. The Morgan fingerprint density at radius 2 is 2.06 bits per heavy atom. The van der Waals surface area contributed by atoms with Gasteiger partial charge in [-0.1, -0.05) is 25.2 Å². The summed E-state index contributed by atoms with van der Waals surface area (Å²) >= 11 is 1.46. The van der Waals surface area contributed by atoms with Crippen molar-refractivity contribution >= 4 is 16.5 Å². The number of hydrogen-bond donors (Lipinski definition) is 1. The Morgan fingerprint density at radius 1 is 1.35 bits per heavy atom. The summed E-state index contributed by atoms with van der Waals surface area (Å²) in [4.78, 5) is 2.39. The maximum absolute atomic E-state index is 5.60. The van der Waals surface area contributed by atoms with Crippen LogP contribution in [0.15, 0.2) is 0 Å². The predicted molar refractivity (Wildman–Crippen MR) is 71.0 cm³/mol. The van der Waals surface area contributed by atoms with Crippen molar-refractivity contribution in [2.75, 3.05) is 26.0 Å². The molecule has 2 N–H and O–H groups in total. The fourth-order valence-corrected chi connectivity index (χ4v) is 2.54. The van der Waals surface area contributed by atoms with Crippen LogP contribution in [-0.4, -0.2) is 41.4 Å². The minimum Gasteiger partial charge on any atom is -0.383 e. The minimum atomic E-state index is 0.538. The Labute approximate surface area is 107 Å². The van der Waals surface area contributed by atoms with Crippen LogP contribution >= 0.6 is 11.3 Å². The van der Waals surface area contributed by atoms with Gasteiger partial charge in [0.1, 0.15) is 5.01 Å². The fraction of sp³-hybridized carbons (Fsp3) is 0.818. The molecular weight excluding hydrogens is 236 g/mol. The number of nitrogens with zero attached hydrogens (tertiary/aromatic N) is 3. The number of nitrogens with two attached hydrogens (primary N) is 1. The molecule has 0 fully saturated rings. The summed E-state index contributed by atoms with van der Waals surface area (Å²) < 4.78 is 5.16. The van der Waals surface area contributed by atoms with Crippen LogP contribution in [0.1, 0.15) is 31.7 Å². The maximum atomic E-state index is 5.60. The molecule has 0 saturated heterocycles. The van der Waals surface area contributed by atoms with Gasteiger partial charge in [-0.25, -0.2) is 0 Å². The number of methoxy groups -OCH3 is 1.